The molecule has 0 aliphatic carbocycles. The largest absolute Gasteiger partial charge is 0.394 e. The Kier molecular flexibility index (Phi) is 3.19. The Bertz CT molecular complexity index is 340. The standard InChI is InChI=1S/C10H15N3O3/c14-6-7-2-1-5-13(7)10(16)8-3-4-9(15)12-11-8/h7,14H,1-6H2,(H,12,15)/t7-/m1/s1. The molecule has 0 bridgehead atoms. The number of carbonyl (C=O) groups is 2. The highest BCUT2D eigenvalue weighted by Crippen LogP contribution is 2.18. The van der Waals surface area contributed by atoms with Crippen LogP contribution in [-0.4, -0.2) is 46.7 Å². The van der Waals surface area contributed by atoms with Gasteiger partial charge in [0.15, 0.2) is 0 Å². The molecule has 2 N–H and O–H groups in total. The topological polar surface area (TPSA) is 82.0 Å². The van der Waals surface area contributed by atoms with E-state index >= 15 is 0 Å². The summed E-state index contributed by atoms with van der Waals surface area (Å²) in [6.07, 6.45) is 2.44. The lowest BCUT2D eigenvalue weighted by atomic mass is 10.1. The van der Waals surface area contributed by atoms with Crippen LogP contribution in [0, 0.1) is 0 Å². The Hall–Kier alpha value is -1.43. The van der Waals surface area contributed by atoms with Crippen molar-refractivity contribution < 1.29 is 14.7 Å². The van der Waals surface area contributed by atoms with E-state index in [2.05, 4.69) is 10.5 Å². The molecule has 0 radical (unpaired) electrons. The highest BCUT2D eigenvalue weighted by molar-refractivity contribution is 6.39. The van der Waals surface area contributed by atoms with Crippen LogP contribution in [0.2, 0.25) is 0 Å². The Labute approximate surface area is 93.3 Å². The van der Waals surface area contributed by atoms with Crippen LogP contribution in [0.5, 0.6) is 0 Å². The number of nitrogens with one attached hydrogen (secondary N) is 1. The maximum atomic E-state index is 12.0. The third kappa shape index (κ3) is 2.06. The number of amides is 2. The molecular formula is C10H15N3O3. The first kappa shape index (κ1) is 11.1. The van der Waals surface area contributed by atoms with E-state index in [0.29, 0.717) is 25.1 Å². The molecule has 6 nitrogen and oxygen atoms in total. The van der Waals surface area contributed by atoms with Crippen LogP contribution in [-0.2, 0) is 9.59 Å². The van der Waals surface area contributed by atoms with E-state index < -0.39 is 0 Å². The first-order valence-electron chi connectivity index (χ1n) is 5.49. The van der Waals surface area contributed by atoms with Crippen LogP contribution in [0.1, 0.15) is 25.7 Å². The van der Waals surface area contributed by atoms with Crippen LogP contribution < -0.4 is 5.43 Å². The van der Waals surface area contributed by atoms with Crippen molar-refractivity contribution in [3.05, 3.63) is 0 Å². The second-order valence-corrected chi connectivity index (χ2v) is 4.07. The van der Waals surface area contributed by atoms with E-state index in [1.54, 1.807) is 4.90 Å². The normalized spacial score (nSPS) is 25.3. The first-order chi connectivity index (χ1) is 7.72. The fourth-order valence-electron chi connectivity index (χ4n) is 2.09. The quantitative estimate of drug-likeness (QED) is 0.647. The molecule has 88 valence electrons. The second kappa shape index (κ2) is 4.61. The second-order valence-electron chi connectivity index (χ2n) is 4.07. The van der Waals surface area contributed by atoms with Crippen molar-refractivity contribution in [1.29, 1.82) is 0 Å². The van der Waals surface area contributed by atoms with Gasteiger partial charge in [0.2, 0.25) is 5.91 Å². The van der Waals surface area contributed by atoms with Gasteiger partial charge in [-0.15, -0.1) is 0 Å². The fourth-order valence-corrected chi connectivity index (χ4v) is 2.09. The minimum Gasteiger partial charge on any atom is -0.394 e. The Balaban J connectivity index is 2.04. The molecule has 0 spiro atoms. The zero-order valence-electron chi connectivity index (χ0n) is 8.98. The molecule has 0 aromatic heterocycles. The minimum atomic E-state index is -0.156. The molecule has 16 heavy (non-hydrogen) atoms. The van der Waals surface area contributed by atoms with E-state index in [4.69, 9.17) is 5.11 Å². The number of nitrogens with zero attached hydrogens (tertiary/aromatic N) is 2. The minimum absolute atomic E-state index is 0.00855. The molecule has 0 saturated carbocycles. The Morgan fingerprint density at radius 1 is 1.56 bits per heavy atom. The monoisotopic (exact) mass is 225 g/mol. The molecule has 2 heterocycles. The Morgan fingerprint density at radius 3 is 3.00 bits per heavy atom. The van der Waals surface area contributed by atoms with Crippen molar-refractivity contribution >= 4 is 17.5 Å². The van der Waals surface area contributed by atoms with Gasteiger partial charge in [0.05, 0.1) is 12.6 Å². The summed E-state index contributed by atoms with van der Waals surface area (Å²) >= 11 is 0. The SMILES string of the molecule is O=C1CCC(C(=O)N2CCC[C@@H]2CO)=NN1. The first-order valence-corrected chi connectivity index (χ1v) is 5.49. The molecule has 1 saturated heterocycles. The molecular weight excluding hydrogens is 210 g/mol. The van der Waals surface area contributed by atoms with Crippen molar-refractivity contribution in [2.24, 2.45) is 5.10 Å². The van der Waals surface area contributed by atoms with E-state index in [9.17, 15) is 9.59 Å². The number of rotatable bonds is 2. The zero-order valence-corrected chi connectivity index (χ0v) is 8.98. The van der Waals surface area contributed by atoms with Gasteiger partial charge in [-0.3, -0.25) is 9.59 Å². The lowest BCUT2D eigenvalue weighted by Crippen LogP contribution is -2.43. The van der Waals surface area contributed by atoms with Gasteiger partial charge in [-0.25, -0.2) is 5.43 Å². The van der Waals surface area contributed by atoms with Crippen molar-refractivity contribution in [2.75, 3.05) is 13.2 Å². The van der Waals surface area contributed by atoms with E-state index in [-0.39, 0.29) is 24.5 Å². The van der Waals surface area contributed by atoms with Gasteiger partial charge >= 0.3 is 0 Å². The van der Waals surface area contributed by atoms with E-state index in [1.807, 2.05) is 0 Å². The summed E-state index contributed by atoms with van der Waals surface area (Å²) in [7, 11) is 0. The summed E-state index contributed by atoms with van der Waals surface area (Å²) < 4.78 is 0. The average Bonchev–Trinajstić information content (AvgIpc) is 2.77. The van der Waals surface area contributed by atoms with Gasteiger partial charge in [-0.2, -0.15) is 5.10 Å². The van der Waals surface area contributed by atoms with Gasteiger partial charge in [-0.05, 0) is 12.8 Å². The summed E-state index contributed by atoms with van der Waals surface area (Å²) in [4.78, 5) is 24.5. The maximum Gasteiger partial charge on any atom is 0.270 e. The van der Waals surface area contributed by atoms with Crippen LogP contribution in [0.15, 0.2) is 5.10 Å². The number of hydrazone groups is 1. The molecule has 2 aliphatic rings. The van der Waals surface area contributed by atoms with Crippen molar-refractivity contribution in [1.82, 2.24) is 10.3 Å². The summed E-state index contributed by atoms with van der Waals surface area (Å²) in [6.45, 7) is 0.655. The zero-order chi connectivity index (χ0) is 11.5. The Morgan fingerprint density at radius 2 is 2.38 bits per heavy atom. The van der Waals surface area contributed by atoms with Gasteiger partial charge in [0.1, 0.15) is 5.71 Å². The van der Waals surface area contributed by atoms with Gasteiger partial charge in [-0.1, -0.05) is 0 Å². The molecule has 0 aromatic carbocycles. The summed E-state index contributed by atoms with van der Waals surface area (Å²) in [6, 6.07) is -0.0900. The summed E-state index contributed by atoms with van der Waals surface area (Å²) in [5.41, 5.74) is 2.70. The van der Waals surface area contributed by atoms with Gasteiger partial charge < -0.3 is 10.0 Å². The molecule has 6 heteroatoms. The number of aliphatic hydroxyl groups is 1. The van der Waals surface area contributed by atoms with E-state index in [0.717, 1.165) is 12.8 Å². The molecule has 2 amide bonds. The number of hydrogen-bond donors (Lipinski definition) is 2. The summed E-state index contributed by atoms with van der Waals surface area (Å²) in [5, 5.41) is 12.9. The van der Waals surface area contributed by atoms with Crippen molar-refractivity contribution in [3.8, 4) is 0 Å². The molecule has 0 unspecified atom stereocenters. The van der Waals surface area contributed by atoms with Crippen LogP contribution in [0.25, 0.3) is 0 Å². The number of aliphatic hydroxyl groups excluding tert-OH is 1. The number of carbonyl (C=O) groups excluding carboxylic acids is 2. The smallest absolute Gasteiger partial charge is 0.270 e. The van der Waals surface area contributed by atoms with Gasteiger partial charge in [0.25, 0.3) is 5.91 Å². The highest BCUT2D eigenvalue weighted by atomic mass is 16.3. The van der Waals surface area contributed by atoms with Crippen molar-refractivity contribution in [3.63, 3.8) is 0 Å². The van der Waals surface area contributed by atoms with Crippen LogP contribution in [0.3, 0.4) is 0 Å². The third-order valence-electron chi connectivity index (χ3n) is 3.00. The number of hydrogen-bond acceptors (Lipinski definition) is 4. The maximum absolute atomic E-state index is 12.0. The molecule has 0 aromatic rings. The average molecular weight is 225 g/mol. The predicted octanol–water partition coefficient (Wildman–Crippen LogP) is -0.764. The molecule has 2 rings (SSSR count). The molecule has 1 atom stereocenters. The highest BCUT2D eigenvalue weighted by Gasteiger charge is 2.31. The van der Waals surface area contributed by atoms with Crippen LogP contribution in [0.4, 0.5) is 0 Å². The van der Waals surface area contributed by atoms with E-state index in [1.165, 1.54) is 0 Å². The lowest BCUT2D eigenvalue weighted by molar-refractivity contribution is -0.126. The van der Waals surface area contributed by atoms with Crippen LogP contribution >= 0.6 is 0 Å². The fraction of sp³-hybridized carbons (Fsp3) is 0.700. The third-order valence-corrected chi connectivity index (χ3v) is 3.00. The molecule has 1 fully saturated rings. The lowest BCUT2D eigenvalue weighted by Gasteiger charge is -2.24. The molecule has 2 aliphatic heterocycles. The predicted molar refractivity (Wildman–Crippen MR) is 56.6 cm³/mol. The summed E-state index contributed by atoms with van der Waals surface area (Å²) in [5.74, 6) is -0.312. The number of likely N-dealkylation sites (tertiary alicyclic amines) is 1. The van der Waals surface area contributed by atoms with Crippen molar-refractivity contribution in [2.45, 2.75) is 31.7 Å². The van der Waals surface area contributed by atoms with Gasteiger partial charge in [0, 0.05) is 19.4 Å².